The lowest BCUT2D eigenvalue weighted by molar-refractivity contribution is 0.769. The average Bonchev–Trinajstić information content (AvgIpc) is 1.63. The minimum atomic E-state index is -0.797. The van der Waals surface area contributed by atoms with Gasteiger partial charge in [-0.1, -0.05) is 208 Å². The van der Waals surface area contributed by atoms with Crippen molar-refractivity contribution in [2.75, 3.05) is 14.7 Å². The Hall–Kier alpha value is -9.70. The lowest BCUT2D eigenvalue weighted by atomic mass is 9.69. The Kier molecular flexibility index (Phi) is 13.5. The standard InChI is InChI=1S/C82H71N3/c1-53-9-25-61(26-10-53)81(62-27-11-54(2)12-28-62)63-29-45-73-74-46-42-70(83(64-30-13-55(3)14-31-64)65-32-15-56(4)16-33-65)50-78(74)82(77(73)49-63)79-51-71(84(66-34-17-57(5)18-35-66)67-36-19-58(6)20-37-67)43-47-75(79)76-48-44-72(52-80(76)82)85(68-38-21-59(7)22-39-68)69-40-23-60(8)24-41-69/h9-32,34-52,65,81H,33H2,1-8H3. The van der Waals surface area contributed by atoms with Crippen LogP contribution in [-0.2, 0) is 5.41 Å². The van der Waals surface area contributed by atoms with Gasteiger partial charge in [0.2, 0.25) is 0 Å². The van der Waals surface area contributed by atoms with E-state index in [-0.39, 0.29) is 12.0 Å². The molecule has 0 saturated heterocycles. The Balaban J connectivity index is 1.10. The second kappa shape index (κ2) is 21.5. The fraction of sp³-hybridized carbons (Fsp3) is 0.146. The van der Waals surface area contributed by atoms with Crippen LogP contribution in [0.15, 0.2) is 266 Å². The number of nitrogens with zero attached hydrogens (tertiary/aromatic N) is 3. The summed E-state index contributed by atoms with van der Waals surface area (Å²) in [7, 11) is 0. The van der Waals surface area contributed by atoms with E-state index in [1.165, 1.54) is 117 Å². The molecular weight excluding hydrogens is 1030 g/mol. The molecule has 0 aromatic heterocycles. The predicted molar refractivity (Wildman–Crippen MR) is 359 cm³/mol. The van der Waals surface area contributed by atoms with Gasteiger partial charge in [0.15, 0.2) is 0 Å². The van der Waals surface area contributed by atoms with Crippen LogP contribution in [0.3, 0.4) is 0 Å². The smallest absolute Gasteiger partial charge is 0.0727 e. The van der Waals surface area contributed by atoms with E-state index in [0.717, 1.165) is 40.5 Å². The molecule has 0 N–H and O–H groups in total. The van der Waals surface area contributed by atoms with Crippen molar-refractivity contribution in [1.29, 1.82) is 0 Å². The van der Waals surface area contributed by atoms with Crippen molar-refractivity contribution < 1.29 is 0 Å². The third-order valence-corrected chi connectivity index (χ3v) is 18.3. The molecule has 1 atom stereocenters. The van der Waals surface area contributed by atoms with Crippen molar-refractivity contribution in [3.8, 4) is 22.3 Å². The van der Waals surface area contributed by atoms with Crippen LogP contribution < -0.4 is 14.7 Å². The molecule has 0 fully saturated rings. The van der Waals surface area contributed by atoms with Crippen molar-refractivity contribution in [2.24, 2.45) is 0 Å². The first-order valence-corrected chi connectivity index (χ1v) is 30.2. The average molecular weight is 1100 g/mol. The molecule has 0 aliphatic heterocycles. The number of aryl methyl sites for hydroxylation is 7. The minimum Gasteiger partial charge on any atom is -0.334 e. The summed E-state index contributed by atoms with van der Waals surface area (Å²) in [6, 6.07) is 93.4. The summed E-state index contributed by atoms with van der Waals surface area (Å²) in [4.78, 5) is 7.50. The molecule has 0 bridgehead atoms. The van der Waals surface area contributed by atoms with Gasteiger partial charge < -0.3 is 14.7 Å². The second-order valence-corrected chi connectivity index (χ2v) is 24.3. The van der Waals surface area contributed by atoms with Gasteiger partial charge in [-0.05, 0) is 220 Å². The number of fused-ring (bicyclic) bond motifs is 10. The first-order valence-electron chi connectivity index (χ1n) is 30.2. The molecule has 14 rings (SSSR count). The van der Waals surface area contributed by atoms with Gasteiger partial charge in [-0.2, -0.15) is 0 Å². The zero-order chi connectivity index (χ0) is 58.1. The highest BCUT2D eigenvalue weighted by Gasteiger charge is 2.53. The van der Waals surface area contributed by atoms with Gasteiger partial charge in [-0.3, -0.25) is 0 Å². The summed E-state index contributed by atoms with van der Waals surface area (Å²) in [6.45, 7) is 17.5. The van der Waals surface area contributed by atoms with E-state index in [1.807, 2.05) is 0 Å². The third-order valence-electron chi connectivity index (χ3n) is 18.3. The van der Waals surface area contributed by atoms with E-state index in [9.17, 15) is 0 Å². The fourth-order valence-electron chi connectivity index (χ4n) is 13.7. The molecule has 0 amide bonds. The summed E-state index contributed by atoms with van der Waals surface area (Å²) in [6.07, 6.45) is 8.00. The summed E-state index contributed by atoms with van der Waals surface area (Å²) in [5, 5.41) is 0. The first kappa shape index (κ1) is 53.3. The molecule has 0 radical (unpaired) electrons. The predicted octanol–water partition coefficient (Wildman–Crippen LogP) is 21.7. The second-order valence-electron chi connectivity index (χ2n) is 24.3. The van der Waals surface area contributed by atoms with E-state index < -0.39 is 5.41 Å². The van der Waals surface area contributed by atoms with E-state index >= 15 is 0 Å². The molecule has 3 nitrogen and oxygen atoms in total. The highest BCUT2D eigenvalue weighted by molar-refractivity contribution is 5.99. The topological polar surface area (TPSA) is 9.72 Å². The maximum Gasteiger partial charge on any atom is 0.0727 e. The third kappa shape index (κ3) is 9.49. The number of benzene rings is 11. The molecule has 414 valence electrons. The molecule has 0 saturated carbocycles. The minimum absolute atomic E-state index is 0.0235. The van der Waals surface area contributed by atoms with Gasteiger partial charge in [-0.25, -0.2) is 0 Å². The van der Waals surface area contributed by atoms with Gasteiger partial charge in [0.1, 0.15) is 0 Å². The van der Waals surface area contributed by atoms with Crippen LogP contribution in [0.4, 0.5) is 45.5 Å². The summed E-state index contributed by atoms with van der Waals surface area (Å²) in [5.74, 6) is -0.0235. The van der Waals surface area contributed by atoms with E-state index in [1.54, 1.807) is 0 Å². The van der Waals surface area contributed by atoms with E-state index in [4.69, 9.17) is 0 Å². The molecule has 85 heavy (non-hydrogen) atoms. The molecule has 0 heterocycles. The van der Waals surface area contributed by atoms with Crippen molar-refractivity contribution in [3.05, 3.63) is 344 Å². The highest BCUT2D eigenvalue weighted by atomic mass is 15.2. The maximum atomic E-state index is 2.61. The quantitative estimate of drug-likeness (QED) is 0.113. The zero-order valence-electron chi connectivity index (χ0n) is 50.0. The molecule has 1 spiro atoms. The largest absolute Gasteiger partial charge is 0.334 e. The Morgan fingerprint density at radius 2 is 0.600 bits per heavy atom. The van der Waals surface area contributed by atoms with Gasteiger partial charge in [-0.15, -0.1) is 0 Å². The van der Waals surface area contributed by atoms with Crippen LogP contribution in [0.2, 0.25) is 0 Å². The Labute approximate surface area is 503 Å². The Morgan fingerprint density at radius 1 is 0.306 bits per heavy atom. The van der Waals surface area contributed by atoms with Crippen LogP contribution in [0.5, 0.6) is 0 Å². The molecule has 1 unspecified atom stereocenters. The van der Waals surface area contributed by atoms with Crippen LogP contribution in [0.25, 0.3) is 22.3 Å². The Morgan fingerprint density at radius 3 is 0.965 bits per heavy atom. The molecule has 11 aromatic carbocycles. The maximum absolute atomic E-state index is 2.61. The summed E-state index contributed by atoms with van der Waals surface area (Å²) in [5.41, 5.74) is 32.1. The fourth-order valence-corrected chi connectivity index (χ4v) is 13.7. The van der Waals surface area contributed by atoms with Gasteiger partial charge >= 0.3 is 0 Å². The van der Waals surface area contributed by atoms with Crippen LogP contribution in [0, 0.1) is 48.5 Å². The van der Waals surface area contributed by atoms with E-state index in [0.29, 0.717) is 0 Å². The number of hydrogen-bond donors (Lipinski definition) is 0. The molecule has 3 aliphatic rings. The molecule has 3 heteroatoms. The molecule has 11 aromatic rings. The van der Waals surface area contributed by atoms with E-state index in [2.05, 4.69) is 331 Å². The highest BCUT2D eigenvalue weighted by Crippen LogP contribution is 2.65. The van der Waals surface area contributed by atoms with Crippen molar-refractivity contribution in [2.45, 2.75) is 79.2 Å². The van der Waals surface area contributed by atoms with Gasteiger partial charge in [0.05, 0.1) is 11.5 Å². The van der Waals surface area contributed by atoms with Crippen LogP contribution in [0.1, 0.15) is 97.2 Å². The number of rotatable bonds is 12. The van der Waals surface area contributed by atoms with Gasteiger partial charge in [0.25, 0.3) is 0 Å². The summed E-state index contributed by atoms with van der Waals surface area (Å²) >= 11 is 0. The number of hydrogen-bond acceptors (Lipinski definition) is 3. The van der Waals surface area contributed by atoms with Crippen molar-refractivity contribution in [1.82, 2.24) is 0 Å². The first-order chi connectivity index (χ1) is 41.4. The monoisotopic (exact) mass is 1100 g/mol. The van der Waals surface area contributed by atoms with Gasteiger partial charge in [0, 0.05) is 51.4 Å². The zero-order valence-corrected chi connectivity index (χ0v) is 50.0. The van der Waals surface area contributed by atoms with Crippen LogP contribution >= 0.6 is 0 Å². The summed E-state index contributed by atoms with van der Waals surface area (Å²) < 4.78 is 0. The van der Waals surface area contributed by atoms with Crippen LogP contribution in [-0.4, -0.2) is 6.04 Å². The normalized spacial score (nSPS) is 14.2. The van der Waals surface area contributed by atoms with Crippen molar-refractivity contribution in [3.63, 3.8) is 0 Å². The van der Waals surface area contributed by atoms with Crippen molar-refractivity contribution >= 4 is 45.5 Å². The molecular formula is C82H71N3. The number of allylic oxidation sites excluding steroid dienone is 2. The lowest BCUT2D eigenvalue weighted by Crippen LogP contribution is -2.31. The molecule has 3 aliphatic carbocycles. The lowest BCUT2D eigenvalue weighted by Gasteiger charge is -2.36. The SMILES string of the molecule is CC1=CCC(N(c2ccc(C)cc2)c2ccc3c(c2)C2(c4cc(C(c5ccc(C)cc5)c5ccc(C)cc5)ccc4-3)c3cc(N(c4ccc(C)cc4)c4ccc(C)cc4)ccc3-c3ccc(N(c4ccc(C)cc4)c4ccc(C)cc4)cc32)C=C1. The number of anilines is 8. The Bertz CT molecular complexity index is 3940.